The topological polar surface area (TPSA) is 280 Å². The van der Waals surface area contributed by atoms with Crippen LogP contribution < -0.4 is 44.6 Å². The molecular formula is C32H55N11O5. The molecule has 1 aromatic rings. The van der Waals surface area contributed by atoms with Crippen molar-refractivity contribution in [3.05, 3.63) is 35.9 Å². The van der Waals surface area contributed by atoms with Gasteiger partial charge in [0.15, 0.2) is 11.9 Å². The molecule has 1 rings (SSSR count). The van der Waals surface area contributed by atoms with E-state index in [1.54, 1.807) is 30.3 Å². The first kappa shape index (κ1) is 41.3. The number of nitrogens with two attached hydrogens (primary N) is 5. The van der Waals surface area contributed by atoms with Crippen LogP contribution in [-0.2, 0) is 19.2 Å². The largest absolute Gasteiger partial charge is 0.370 e. The number of nitrogens with zero attached hydrogens (tertiary/aromatic N) is 3. The lowest BCUT2D eigenvalue weighted by molar-refractivity contribution is -0.142. The first-order chi connectivity index (χ1) is 22.9. The fourth-order valence-corrected chi connectivity index (χ4v) is 4.90. The van der Waals surface area contributed by atoms with E-state index in [9.17, 15) is 24.0 Å². The summed E-state index contributed by atoms with van der Waals surface area (Å²) in [6, 6.07) is 4.77. The Hall–Kier alpha value is -4.73. The number of nitrogens with one attached hydrogen (secondary N) is 3. The van der Waals surface area contributed by atoms with Crippen LogP contribution in [-0.4, -0.2) is 97.6 Å². The van der Waals surface area contributed by atoms with E-state index >= 15 is 0 Å². The Morgan fingerprint density at radius 3 is 1.94 bits per heavy atom. The fourth-order valence-electron chi connectivity index (χ4n) is 4.90. The van der Waals surface area contributed by atoms with Gasteiger partial charge in [0.05, 0.1) is 6.04 Å². The zero-order chi connectivity index (χ0) is 35.9. The highest BCUT2D eigenvalue weighted by Gasteiger charge is 2.34. The van der Waals surface area contributed by atoms with Crippen LogP contribution in [0.3, 0.4) is 0 Å². The molecule has 0 saturated carbocycles. The second kappa shape index (κ2) is 23.6. The first-order valence-electron chi connectivity index (χ1n) is 16.4. The van der Waals surface area contributed by atoms with Crippen LogP contribution in [0.25, 0.3) is 0 Å². The number of rotatable bonds is 24. The van der Waals surface area contributed by atoms with Gasteiger partial charge in [-0.25, -0.2) is 0 Å². The summed E-state index contributed by atoms with van der Waals surface area (Å²) < 4.78 is 0. The number of hydrogen-bond acceptors (Lipinski definition) is 8. The first-order valence-corrected chi connectivity index (χ1v) is 16.4. The van der Waals surface area contributed by atoms with Crippen LogP contribution in [0.2, 0.25) is 0 Å². The molecular weight excluding hydrogens is 618 g/mol. The third-order valence-electron chi connectivity index (χ3n) is 7.57. The predicted molar refractivity (Wildman–Crippen MR) is 186 cm³/mol. The Kier molecular flexibility index (Phi) is 20.3. The molecule has 0 aliphatic rings. The Morgan fingerprint density at radius 2 is 1.38 bits per heavy atom. The fraction of sp³-hybridized carbons (Fsp3) is 0.594. The highest BCUT2D eigenvalue weighted by atomic mass is 16.2. The number of aldehydes is 1. The van der Waals surface area contributed by atoms with Gasteiger partial charge in [0.25, 0.3) is 5.91 Å². The minimum atomic E-state index is -1.02. The van der Waals surface area contributed by atoms with E-state index in [2.05, 4.69) is 25.9 Å². The molecule has 0 radical (unpaired) electrons. The highest BCUT2D eigenvalue weighted by molar-refractivity contribution is 5.98. The minimum Gasteiger partial charge on any atom is -0.370 e. The molecule has 268 valence electrons. The standard InChI is InChI=1S/C32H55N11O5/c1-3-4-15-24(41-27(45)22-12-6-5-7-13-22)28(46)42-25(16-8-9-18-33)30(48)43(2)26(17-11-20-39-32(36)37)29(47)40-23(21-44)14-10-19-38-31(34)35/h5-7,12-13,21,23-26H,3-4,8-11,14-20,33H2,1-2H3,(H,40,47)(H,41,45)(H,42,46)(H4,34,35,38)(H4,36,37,39)/t23-,24-,25-,26-/m0/s1. The van der Waals surface area contributed by atoms with Crippen LogP contribution >= 0.6 is 0 Å². The van der Waals surface area contributed by atoms with Crippen molar-refractivity contribution in [2.45, 2.75) is 95.3 Å². The van der Waals surface area contributed by atoms with Gasteiger partial charge in [0.1, 0.15) is 24.4 Å². The number of carbonyl (C=O) groups excluding carboxylic acids is 5. The SMILES string of the molecule is CCCC[C@H](NC(=O)c1ccccc1)C(=O)N[C@@H](CCCCN)C(=O)N(C)[C@@H](CCCN=C(N)N)C(=O)N[C@H](C=O)CCCN=C(N)N. The molecule has 0 spiro atoms. The van der Waals surface area contributed by atoms with Crippen molar-refractivity contribution >= 4 is 41.8 Å². The van der Waals surface area contributed by atoms with Crippen LogP contribution in [0, 0.1) is 0 Å². The smallest absolute Gasteiger partial charge is 0.251 e. The minimum absolute atomic E-state index is 0.0777. The molecule has 48 heavy (non-hydrogen) atoms. The third kappa shape index (κ3) is 16.2. The molecule has 0 saturated heterocycles. The van der Waals surface area contributed by atoms with Gasteiger partial charge in [-0.1, -0.05) is 38.0 Å². The lowest BCUT2D eigenvalue weighted by atomic mass is 10.0. The molecule has 0 bridgehead atoms. The molecule has 0 aromatic heterocycles. The van der Waals surface area contributed by atoms with E-state index in [0.29, 0.717) is 56.9 Å². The number of hydrogen-bond donors (Lipinski definition) is 8. The van der Waals surface area contributed by atoms with Crippen molar-refractivity contribution in [2.75, 3.05) is 26.7 Å². The van der Waals surface area contributed by atoms with E-state index in [1.165, 1.54) is 11.9 Å². The van der Waals surface area contributed by atoms with Crippen molar-refractivity contribution < 1.29 is 24.0 Å². The Balaban J connectivity index is 3.23. The van der Waals surface area contributed by atoms with E-state index < -0.39 is 47.8 Å². The number of aliphatic imine (C=N–C) groups is 2. The molecule has 0 aliphatic heterocycles. The molecule has 13 N–H and O–H groups in total. The summed E-state index contributed by atoms with van der Waals surface area (Å²) in [6.45, 7) is 2.85. The molecule has 4 amide bonds. The number of benzene rings is 1. The Bertz CT molecular complexity index is 1200. The zero-order valence-electron chi connectivity index (χ0n) is 28.2. The van der Waals surface area contributed by atoms with Crippen molar-refractivity contribution in [1.29, 1.82) is 0 Å². The number of amides is 4. The van der Waals surface area contributed by atoms with Crippen molar-refractivity contribution in [3.8, 4) is 0 Å². The normalized spacial score (nSPS) is 13.1. The van der Waals surface area contributed by atoms with Crippen molar-refractivity contribution in [1.82, 2.24) is 20.9 Å². The summed E-state index contributed by atoms with van der Waals surface area (Å²) in [6.07, 6.45) is 5.05. The number of carbonyl (C=O) groups is 5. The summed E-state index contributed by atoms with van der Waals surface area (Å²) in [7, 11) is 1.47. The number of likely N-dealkylation sites (N-methyl/N-ethyl adjacent to an activating group) is 1. The van der Waals surface area contributed by atoms with Crippen LogP contribution in [0.4, 0.5) is 0 Å². The Labute approximate surface area is 283 Å². The summed E-state index contributed by atoms with van der Waals surface area (Å²) in [5, 5.41) is 8.34. The van der Waals surface area contributed by atoms with Gasteiger partial charge in [-0.15, -0.1) is 0 Å². The summed E-state index contributed by atoms with van der Waals surface area (Å²) >= 11 is 0. The maximum atomic E-state index is 14.0. The van der Waals surface area contributed by atoms with Crippen LogP contribution in [0.15, 0.2) is 40.3 Å². The average Bonchev–Trinajstić information content (AvgIpc) is 3.06. The second-order valence-corrected chi connectivity index (χ2v) is 11.5. The van der Waals surface area contributed by atoms with Gasteiger partial charge in [-0.3, -0.25) is 29.2 Å². The quantitative estimate of drug-likeness (QED) is 0.0293. The van der Waals surface area contributed by atoms with Gasteiger partial charge in [-0.05, 0) is 70.0 Å². The van der Waals surface area contributed by atoms with Gasteiger partial charge < -0.3 is 54.3 Å². The van der Waals surface area contributed by atoms with Gasteiger partial charge >= 0.3 is 0 Å². The zero-order valence-corrected chi connectivity index (χ0v) is 28.2. The molecule has 0 fully saturated rings. The molecule has 4 atom stereocenters. The second-order valence-electron chi connectivity index (χ2n) is 11.5. The maximum absolute atomic E-state index is 14.0. The number of unbranched alkanes of at least 4 members (excludes halogenated alkanes) is 2. The van der Waals surface area contributed by atoms with Gasteiger partial charge in [0.2, 0.25) is 17.7 Å². The highest BCUT2D eigenvalue weighted by Crippen LogP contribution is 2.14. The van der Waals surface area contributed by atoms with E-state index in [1.807, 2.05) is 6.92 Å². The summed E-state index contributed by atoms with van der Waals surface area (Å²) in [5.41, 5.74) is 27.7. The molecule has 0 heterocycles. The lowest BCUT2D eigenvalue weighted by Gasteiger charge is -2.32. The van der Waals surface area contributed by atoms with Crippen LogP contribution in [0.1, 0.15) is 81.5 Å². The van der Waals surface area contributed by atoms with E-state index in [0.717, 1.165) is 6.42 Å². The maximum Gasteiger partial charge on any atom is 0.251 e. The number of guanidine groups is 2. The Morgan fingerprint density at radius 1 is 0.771 bits per heavy atom. The van der Waals surface area contributed by atoms with Gasteiger partial charge in [-0.2, -0.15) is 0 Å². The summed E-state index contributed by atoms with van der Waals surface area (Å²) in [4.78, 5) is 75.0. The molecule has 1 aromatic carbocycles. The van der Waals surface area contributed by atoms with Crippen molar-refractivity contribution in [3.63, 3.8) is 0 Å². The third-order valence-corrected chi connectivity index (χ3v) is 7.57. The monoisotopic (exact) mass is 673 g/mol. The van der Waals surface area contributed by atoms with Gasteiger partial charge in [0, 0.05) is 25.7 Å². The average molecular weight is 674 g/mol. The predicted octanol–water partition coefficient (Wildman–Crippen LogP) is -0.793. The summed E-state index contributed by atoms with van der Waals surface area (Å²) in [5.74, 6) is -2.18. The molecule has 16 heteroatoms. The molecule has 16 nitrogen and oxygen atoms in total. The van der Waals surface area contributed by atoms with Crippen LogP contribution in [0.5, 0.6) is 0 Å². The van der Waals surface area contributed by atoms with Crippen molar-refractivity contribution in [2.24, 2.45) is 38.7 Å². The van der Waals surface area contributed by atoms with E-state index in [4.69, 9.17) is 28.7 Å². The lowest BCUT2D eigenvalue weighted by Crippen LogP contribution is -2.57. The van der Waals surface area contributed by atoms with E-state index in [-0.39, 0.29) is 44.3 Å². The molecule has 0 aliphatic carbocycles. The molecule has 0 unspecified atom stereocenters.